The van der Waals surface area contributed by atoms with Gasteiger partial charge in [0.2, 0.25) is 10.4 Å². The molecule has 0 aromatic rings. The van der Waals surface area contributed by atoms with Crippen molar-refractivity contribution in [3.8, 4) is 0 Å². The average Bonchev–Trinajstić information content (AvgIpc) is 3.18. The fourth-order valence-corrected chi connectivity index (χ4v) is 6.83. The second-order valence-corrected chi connectivity index (χ2v) is 16.4. The Morgan fingerprint density at radius 3 is 1.64 bits per heavy atom. The molecule has 1 fully saturated rings. The van der Waals surface area contributed by atoms with E-state index in [4.69, 9.17) is 18.9 Å². The van der Waals surface area contributed by atoms with Crippen LogP contribution >= 0.6 is 0 Å². The molecule has 334 valence electrons. The van der Waals surface area contributed by atoms with E-state index in [0.717, 1.165) is 64.2 Å². The molecular weight excluding hydrogens is 780 g/mol. The van der Waals surface area contributed by atoms with Gasteiger partial charge in [-0.25, -0.2) is 8.42 Å². The van der Waals surface area contributed by atoms with Crippen molar-refractivity contribution in [1.29, 1.82) is 0 Å². The maximum absolute atomic E-state index is 12.8. The standard InChI is InChI=1S/C43H78O13S.Na/c1-3-5-7-9-11-13-15-17-18-20-21-23-25-27-29-31-38(44)52-33-36(34-53-43-42(48)41(47)40(46)37(56-43)35-54-57(49,50)51)55-39(45)32-30-28-26-24-22-19-16-14-12-10-8-6-4-2;/h11,13,17-18,36-37,40-43,46-48H,3-10,12,14-16,19-35H2,1-2H3,(H,49,50,51);/q;+1/p-1/b13-11-,18-17-;/t36-,37-,40-,41+,42-,43+;/m1./s1. The maximum atomic E-state index is 12.8. The number of ether oxygens (including phenoxy) is 4. The summed E-state index contributed by atoms with van der Waals surface area (Å²) in [7, 11) is -5.13. The number of carbonyl (C=O) groups excluding carboxylic acids is 2. The van der Waals surface area contributed by atoms with E-state index in [9.17, 15) is 37.9 Å². The van der Waals surface area contributed by atoms with Crippen molar-refractivity contribution >= 4 is 22.3 Å². The molecule has 0 spiro atoms. The van der Waals surface area contributed by atoms with E-state index in [1.54, 1.807) is 0 Å². The summed E-state index contributed by atoms with van der Waals surface area (Å²) in [5.41, 5.74) is 0. The van der Waals surface area contributed by atoms with E-state index < -0.39 is 72.4 Å². The van der Waals surface area contributed by atoms with E-state index in [2.05, 4.69) is 42.3 Å². The van der Waals surface area contributed by atoms with Gasteiger partial charge in [-0.05, 0) is 44.9 Å². The molecule has 0 aliphatic carbocycles. The third-order valence-corrected chi connectivity index (χ3v) is 10.5. The van der Waals surface area contributed by atoms with Gasteiger partial charge in [0.15, 0.2) is 12.4 Å². The Kier molecular flexibility index (Phi) is 37.2. The second-order valence-electron chi connectivity index (χ2n) is 15.3. The van der Waals surface area contributed by atoms with Crippen molar-refractivity contribution in [2.24, 2.45) is 0 Å². The van der Waals surface area contributed by atoms with E-state index >= 15 is 0 Å². The number of unbranched alkanes of at least 4 members (excludes halogenated alkanes) is 20. The van der Waals surface area contributed by atoms with Crippen molar-refractivity contribution in [3.63, 3.8) is 0 Å². The van der Waals surface area contributed by atoms with Crippen LogP contribution in [-0.2, 0) is 43.1 Å². The number of aliphatic hydroxyl groups excluding tert-OH is 3. The van der Waals surface area contributed by atoms with Crippen molar-refractivity contribution in [2.75, 3.05) is 19.8 Å². The van der Waals surface area contributed by atoms with Gasteiger partial charge in [0, 0.05) is 12.8 Å². The molecule has 1 saturated heterocycles. The monoisotopic (exact) mass is 856 g/mol. The van der Waals surface area contributed by atoms with Crippen LogP contribution in [-0.4, -0.2) is 96.9 Å². The van der Waals surface area contributed by atoms with Crippen molar-refractivity contribution in [2.45, 2.75) is 218 Å². The molecule has 1 rings (SSSR count). The van der Waals surface area contributed by atoms with Crippen LogP contribution in [0.1, 0.15) is 181 Å². The Balaban J connectivity index is 0.0000325. The summed E-state index contributed by atoms with van der Waals surface area (Å²) in [4.78, 5) is 25.4. The van der Waals surface area contributed by atoms with Gasteiger partial charge in [-0.3, -0.25) is 13.8 Å². The Labute approximate surface area is 372 Å². The predicted octanol–water partition coefficient (Wildman–Crippen LogP) is 5.04. The molecule has 1 aliphatic heterocycles. The first-order valence-electron chi connectivity index (χ1n) is 22.0. The number of hydrogen-bond donors (Lipinski definition) is 3. The number of aliphatic hydroxyl groups is 3. The maximum Gasteiger partial charge on any atom is 1.00 e. The number of allylic oxidation sites excluding steroid dienone is 4. The fourth-order valence-electron chi connectivity index (χ4n) is 6.53. The predicted molar refractivity (Wildman–Crippen MR) is 219 cm³/mol. The van der Waals surface area contributed by atoms with Crippen LogP contribution in [0.5, 0.6) is 0 Å². The summed E-state index contributed by atoms with van der Waals surface area (Å²) in [5.74, 6) is -0.967. The van der Waals surface area contributed by atoms with Crippen molar-refractivity contribution < 1.29 is 90.6 Å². The van der Waals surface area contributed by atoms with Gasteiger partial charge in [0.25, 0.3) is 0 Å². The Hall–Kier alpha value is -0.910. The first-order valence-corrected chi connectivity index (χ1v) is 23.4. The molecule has 58 heavy (non-hydrogen) atoms. The summed E-state index contributed by atoms with van der Waals surface area (Å²) in [6.07, 6.45) is 26.4. The summed E-state index contributed by atoms with van der Waals surface area (Å²) >= 11 is 0. The van der Waals surface area contributed by atoms with E-state index in [0.29, 0.717) is 12.8 Å². The molecule has 1 heterocycles. The molecule has 0 saturated carbocycles. The largest absolute Gasteiger partial charge is 1.00 e. The molecule has 0 radical (unpaired) electrons. The van der Waals surface area contributed by atoms with E-state index in [1.807, 2.05) is 0 Å². The SMILES string of the molecule is CCCCC/C=C\C/C=C\CCCCCCCC(=O)OC[C@H](CO[C@H]1O[C@H](COS(=O)(=O)[O-])[C@@H](O)[C@H](O)[C@H]1O)OC(=O)CCCCCCCCCCCCCCC.[Na+]. The molecule has 15 heteroatoms. The number of carbonyl (C=O) groups is 2. The fraction of sp³-hybridized carbons (Fsp3) is 0.860. The van der Waals surface area contributed by atoms with Crippen LogP contribution in [0.2, 0.25) is 0 Å². The Morgan fingerprint density at radius 1 is 0.638 bits per heavy atom. The van der Waals surface area contributed by atoms with Gasteiger partial charge < -0.3 is 38.8 Å². The van der Waals surface area contributed by atoms with Gasteiger partial charge in [0.05, 0.1) is 13.2 Å². The van der Waals surface area contributed by atoms with Gasteiger partial charge in [-0.1, -0.05) is 147 Å². The van der Waals surface area contributed by atoms with Crippen LogP contribution in [0.4, 0.5) is 0 Å². The van der Waals surface area contributed by atoms with E-state index in [-0.39, 0.29) is 49.0 Å². The zero-order chi connectivity index (χ0) is 42.0. The molecule has 6 atom stereocenters. The smallest absolute Gasteiger partial charge is 0.726 e. The minimum absolute atomic E-state index is 0. The molecule has 0 aromatic heterocycles. The first-order chi connectivity index (χ1) is 27.5. The molecule has 0 aromatic carbocycles. The molecule has 0 amide bonds. The molecule has 1 aliphatic rings. The normalized spacial score (nSPS) is 20.3. The summed E-state index contributed by atoms with van der Waals surface area (Å²) in [5, 5.41) is 30.9. The molecule has 3 N–H and O–H groups in total. The molecule has 0 bridgehead atoms. The Morgan fingerprint density at radius 2 is 1.10 bits per heavy atom. The quantitative estimate of drug-likeness (QED) is 0.0188. The van der Waals surface area contributed by atoms with Crippen LogP contribution in [0.25, 0.3) is 0 Å². The van der Waals surface area contributed by atoms with E-state index in [1.165, 1.54) is 77.0 Å². The van der Waals surface area contributed by atoms with Gasteiger partial charge in [0.1, 0.15) is 31.0 Å². The first kappa shape index (κ1) is 57.1. The number of rotatable bonds is 37. The second kappa shape index (κ2) is 37.8. The molecule has 0 unspecified atom stereocenters. The van der Waals surface area contributed by atoms with Gasteiger partial charge in [-0.15, -0.1) is 0 Å². The minimum Gasteiger partial charge on any atom is -0.726 e. The van der Waals surface area contributed by atoms with Crippen LogP contribution in [0, 0.1) is 0 Å². The topological polar surface area (TPSA) is 198 Å². The molecular formula is C43H77NaO13S. The Bertz CT molecular complexity index is 1170. The number of hydrogen-bond acceptors (Lipinski definition) is 13. The zero-order valence-corrected chi connectivity index (χ0v) is 38.9. The van der Waals surface area contributed by atoms with Crippen LogP contribution in [0.3, 0.4) is 0 Å². The van der Waals surface area contributed by atoms with Crippen LogP contribution in [0.15, 0.2) is 24.3 Å². The number of esters is 2. The zero-order valence-electron chi connectivity index (χ0n) is 36.1. The summed E-state index contributed by atoms with van der Waals surface area (Å²) < 4.78 is 58.9. The van der Waals surface area contributed by atoms with Crippen molar-refractivity contribution in [3.05, 3.63) is 24.3 Å². The van der Waals surface area contributed by atoms with Crippen LogP contribution < -0.4 is 29.6 Å². The van der Waals surface area contributed by atoms with Crippen molar-refractivity contribution in [1.82, 2.24) is 0 Å². The molecule has 13 nitrogen and oxygen atoms in total. The minimum atomic E-state index is -5.13. The summed E-state index contributed by atoms with van der Waals surface area (Å²) in [6.45, 7) is 2.77. The van der Waals surface area contributed by atoms with Gasteiger partial charge in [-0.2, -0.15) is 0 Å². The average molecular weight is 857 g/mol. The third-order valence-electron chi connectivity index (χ3n) is 10.0. The third kappa shape index (κ3) is 31.9. The van der Waals surface area contributed by atoms with Gasteiger partial charge >= 0.3 is 41.5 Å². The summed E-state index contributed by atoms with van der Waals surface area (Å²) in [6, 6.07) is 0.